The summed E-state index contributed by atoms with van der Waals surface area (Å²) in [6.07, 6.45) is 1.93. The molecule has 1 aliphatic heterocycles. The van der Waals surface area contributed by atoms with Gasteiger partial charge in [-0.2, -0.15) is 0 Å². The summed E-state index contributed by atoms with van der Waals surface area (Å²) in [5.74, 6) is -0.874. The second kappa shape index (κ2) is 6.92. The first-order valence-corrected chi connectivity index (χ1v) is 8.80. The summed E-state index contributed by atoms with van der Waals surface area (Å²) in [4.78, 5) is 29.2. The molecule has 4 rings (SSSR count). The van der Waals surface area contributed by atoms with Crippen LogP contribution in [0.1, 0.15) is 16.7 Å². The van der Waals surface area contributed by atoms with Crippen molar-refractivity contribution in [2.24, 2.45) is 0 Å². The number of hydrogen-bond acceptors (Lipinski definition) is 4. The molecule has 0 aliphatic carbocycles. The van der Waals surface area contributed by atoms with E-state index in [1.807, 2.05) is 19.1 Å². The number of para-hydroxylation sites is 1. The maximum atomic E-state index is 14.7. The van der Waals surface area contributed by atoms with Crippen LogP contribution in [0.25, 0.3) is 10.9 Å². The molecule has 0 radical (unpaired) electrons. The predicted octanol–water partition coefficient (Wildman–Crippen LogP) is 2.13. The van der Waals surface area contributed by atoms with Gasteiger partial charge in [0, 0.05) is 6.54 Å². The van der Waals surface area contributed by atoms with Crippen molar-refractivity contribution in [3.63, 3.8) is 0 Å². The lowest BCUT2D eigenvalue weighted by Gasteiger charge is -2.19. The van der Waals surface area contributed by atoms with Crippen molar-refractivity contribution in [2.45, 2.75) is 26.4 Å². The molecule has 0 bridgehead atoms. The van der Waals surface area contributed by atoms with Gasteiger partial charge in [0.2, 0.25) is 5.91 Å². The minimum absolute atomic E-state index is 0.137. The van der Waals surface area contributed by atoms with Gasteiger partial charge in [-0.1, -0.05) is 18.2 Å². The standard InChI is InChI=1S/C20H19FN4O2/c1-12-3-2-4-15-19(12)23-11-25(20(15)27)10-17(26)24-16-6-5-13-9-22-8-7-14(13)18(16)21/h2-6,11,22H,7-10H2,1H3,(H,24,26). The monoisotopic (exact) mass is 366 g/mol. The molecule has 0 spiro atoms. The minimum Gasteiger partial charge on any atom is -0.322 e. The summed E-state index contributed by atoms with van der Waals surface area (Å²) in [5.41, 5.74) is 2.89. The Labute approximate surface area is 155 Å². The molecule has 0 fully saturated rings. The first-order chi connectivity index (χ1) is 13.0. The summed E-state index contributed by atoms with van der Waals surface area (Å²) in [6, 6.07) is 8.71. The van der Waals surface area contributed by atoms with E-state index in [1.54, 1.807) is 18.2 Å². The number of aromatic nitrogens is 2. The van der Waals surface area contributed by atoms with E-state index < -0.39 is 11.7 Å². The fourth-order valence-electron chi connectivity index (χ4n) is 3.42. The van der Waals surface area contributed by atoms with Crippen molar-refractivity contribution in [1.29, 1.82) is 0 Å². The van der Waals surface area contributed by atoms with Crippen molar-refractivity contribution in [1.82, 2.24) is 14.9 Å². The molecule has 1 aliphatic rings. The highest BCUT2D eigenvalue weighted by atomic mass is 19.1. The maximum Gasteiger partial charge on any atom is 0.261 e. The van der Waals surface area contributed by atoms with E-state index in [4.69, 9.17) is 0 Å². The highest BCUT2D eigenvalue weighted by molar-refractivity contribution is 5.91. The first-order valence-electron chi connectivity index (χ1n) is 8.80. The van der Waals surface area contributed by atoms with Gasteiger partial charge in [-0.3, -0.25) is 14.2 Å². The fourth-order valence-corrected chi connectivity index (χ4v) is 3.42. The third-order valence-corrected chi connectivity index (χ3v) is 4.85. The van der Waals surface area contributed by atoms with Crippen LogP contribution in [0.5, 0.6) is 0 Å². The Balaban J connectivity index is 1.58. The van der Waals surface area contributed by atoms with E-state index in [2.05, 4.69) is 15.6 Å². The first kappa shape index (κ1) is 17.4. The number of halogens is 1. The number of amides is 1. The lowest BCUT2D eigenvalue weighted by molar-refractivity contribution is -0.116. The molecule has 2 aromatic carbocycles. The van der Waals surface area contributed by atoms with E-state index in [-0.39, 0.29) is 17.8 Å². The Hall–Kier alpha value is -3.06. The van der Waals surface area contributed by atoms with E-state index in [0.717, 1.165) is 11.1 Å². The SMILES string of the molecule is Cc1cccc2c(=O)n(CC(=O)Nc3ccc4c(c3F)CCNC4)cnc12. The van der Waals surface area contributed by atoms with Crippen LogP contribution < -0.4 is 16.2 Å². The number of hydrogen-bond donors (Lipinski definition) is 2. The molecule has 3 aromatic rings. The van der Waals surface area contributed by atoms with Crippen LogP contribution in [0.2, 0.25) is 0 Å². The van der Waals surface area contributed by atoms with Crippen LogP contribution in [0.3, 0.4) is 0 Å². The summed E-state index contributed by atoms with van der Waals surface area (Å²) >= 11 is 0. The number of nitrogens with one attached hydrogen (secondary N) is 2. The highest BCUT2D eigenvalue weighted by Crippen LogP contribution is 2.24. The molecule has 6 nitrogen and oxygen atoms in total. The topological polar surface area (TPSA) is 76.0 Å². The van der Waals surface area contributed by atoms with E-state index >= 15 is 0 Å². The Kier molecular flexibility index (Phi) is 4.45. The van der Waals surface area contributed by atoms with Crippen LogP contribution in [-0.4, -0.2) is 22.0 Å². The molecule has 1 aromatic heterocycles. The van der Waals surface area contributed by atoms with Crippen molar-refractivity contribution < 1.29 is 9.18 Å². The molecule has 1 amide bonds. The number of aryl methyl sites for hydroxylation is 1. The Morgan fingerprint density at radius 1 is 1.33 bits per heavy atom. The second-order valence-corrected chi connectivity index (χ2v) is 6.69. The quantitative estimate of drug-likeness (QED) is 0.745. The molecular formula is C20H19FN4O2. The summed E-state index contributed by atoms with van der Waals surface area (Å²) in [6.45, 7) is 2.98. The molecule has 0 atom stereocenters. The van der Waals surface area contributed by atoms with Crippen molar-refractivity contribution in [2.75, 3.05) is 11.9 Å². The lowest BCUT2D eigenvalue weighted by Crippen LogP contribution is -2.29. The van der Waals surface area contributed by atoms with Crippen molar-refractivity contribution >= 4 is 22.5 Å². The average molecular weight is 366 g/mol. The van der Waals surface area contributed by atoms with Gasteiger partial charge in [0.1, 0.15) is 12.4 Å². The molecular weight excluding hydrogens is 347 g/mol. The zero-order valence-corrected chi connectivity index (χ0v) is 14.9. The van der Waals surface area contributed by atoms with E-state index in [0.29, 0.717) is 36.0 Å². The predicted molar refractivity (Wildman–Crippen MR) is 101 cm³/mol. The number of carbonyl (C=O) groups is 1. The largest absolute Gasteiger partial charge is 0.322 e. The molecule has 0 unspecified atom stereocenters. The number of nitrogens with zero attached hydrogens (tertiary/aromatic N) is 2. The molecule has 0 saturated carbocycles. The fraction of sp³-hybridized carbons (Fsp3) is 0.250. The van der Waals surface area contributed by atoms with Gasteiger partial charge in [-0.15, -0.1) is 0 Å². The molecule has 7 heteroatoms. The van der Waals surface area contributed by atoms with Crippen molar-refractivity contribution in [3.8, 4) is 0 Å². The average Bonchev–Trinajstić information content (AvgIpc) is 2.67. The zero-order valence-electron chi connectivity index (χ0n) is 14.9. The summed E-state index contributed by atoms with van der Waals surface area (Å²) < 4.78 is 15.9. The molecule has 138 valence electrons. The van der Waals surface area contributed by atoms with E-state index in [1.165, 1.54) is 10.9 Å². The maximum absolute atomic E-state index is 14.7. The summed E-state index contributed by atoms with van der Waals surface area (Å²) in [5, 5.41) is 6.22. The van der Waals surface area contributed by atoms with Crippen LogP contribution >= 0.6 is 0 Å². The Bertz CT molecular complexity index is 1110. The number of anilines is 1. The van der Waals surface area contributed by atoms with Crippen LogP contribution in [0.15, 0.2) is 41.5 Å². The Morgan fingerprint density at radius 2 is 2.19 bits per heavy atom. The van der Waals surface area contributed by atoms with Gasteiger partial charge in [-0.05, 0) is 48.7 Å². The normalized spacial score (nSPS) is 13.4. The lowest BCUT2D eigenvalue weighted by atomic mass is 9.99. The van der Waals surface area contributed by atoms with Gasteiger partial charge in [0.15, 0.2) is 0 Å². The summed E-state index contributed by atoms with van der Waals surface area (Å²) in [7, 11) is 0. The molecule has 0 saturated heterocycles. The second-order valence-electron chi connectivity index (χ2n) is 6.69. The molecule has 2 N–H and O–H groups in total. The zero-order chi connectivity index (χ0) is 19.0. The molecule has 2 heterocycles. The van der Waals surface area contributed by atoms with Crippen LogP contribution in [-0.2, 0) is 24.3 Å². The highest BCUT2D eigenvalue weighted by Gasteiger charge is 2.18. The minimum atomic E-state index is -0.473. The third-order valence-electron chi connectivity index (χ3n) is 4.85. The van der Waals surface area contributed by atoms with Crippen LogP contribution in [0, 0.1) is 12.7 Å². The van der Waals surface area contributed by atoms with Gasteiger partial charge in [0.25, 0.3) is 5.56 Å². The van der Waals surface area contributed by atoms with Gasteiger partial charge in [-0.25, -0.2) is 9.37 Å². The molecule has 27 heavy (non-hydrogen) atoms. The smallest absolute Gasteiger partial charge is 0.261 e. The number of carbonyl (C=O) groups excluding carboxylic acids is 1. The number of benzene rings is 2. The van der Waals surface area contributed by atoms with Crippen LogP contribution in [0.4, 0.5) is 10.1 Å². The van der Waals surface area contributed by atoms with Crippen molar-refractivity contribution in [3.05, 3.63) is 69.5 Å². The number of rotatable bonds is 3. The number of fused-ring (bicyclic) bond motifs is 2. The van der Waals surface area contributed by atoms with Gasteiger partial charge >= 0.3 is 0 Å². The Morgan fingerprint density at radius 3 is 3.04 bits per heavy atom. The van der Waals surface area contributed by atoms with Gasteiger partial charge in [0.05, 0.1) is 22.9 Å². The van der Waals surface area contributed by atoms with E-state index in [9.17, 15) is 14.0 Å². The van der Waals surface area contributed by atoms with Gasteiger partial charge < -0.3 is 10.6 Å². The third kappa shape index (κ3) is 3.21.